The second-order valence-electron chi connectivity index (χ2n) is 2.18. The summed E-state index contributed by atoms with van der Waals surface area (Å²) in [6.07, 6.45) is 0.304. The molecule has 0 rings (SSSR count). The molecule has 0 unspecified atom stereocenters. The van der Waals surface area contributed by atoms with Crippen molar-refractivity contribution in [2.75, 3.05) is 0 Å². The van der Waals surface area contributed by atoms with Crippen LogP contribution in [0.15, 0.2) is 0 Å². The molecule has 0 aliphatic carbocycles. The molecule has 0 atom stereocenters. The van der Waals surface area contributed by atoms with Crippen LogP contribution in [-0.2, 0) is 14.3 Å². The van der Waals surface area contributed by atoms with Gasteiger partial charge in [0, 0.05) is 6.42 Å². The zero-order chi connectivity index (χ0) is 9.28. The van der Waals surface area contributed by atoms with Gasteiger partial charge >= 0.3 is 12.4 Å². The van der Waals surface area contributed by atoms with E-state index < -0.39 is 5.97 Å². The average Bonchev–Trinajstić information content (AvgIpc) is 1.91. The predicted octanol–water partition coefficient (Wildman–Crippen LogP) is 1.76. The normalized spacial score (nSPS) is 8.09. The Kier molecular flexibility index (Phi) is 10.6. The van der Waals surface area contributed by atoms with Crippen LogP contribution in [-0.4, -0.2) is 12.4 Å². The second kappa shape index (κ2) is 9.14. The van der Waals surface area contributed by atoms with Crippen LogP contribution in [0.3, 0.4) is 0 Å². The highest BCUT2D eigenvalue weighted by atomic mass is 16.6. The molecule has 66 valence electrons. The van der Waals surface area contributed by atoms with Gasteiger partial charge < -0.3 is 4.74 Å². The first-order valence-corrected chi connectivity index (χ1v) is 3.80. The van der Waals surface area contributed by atoms with E-state index in [1.807, 2.05) is 27.7 Å². The van der Waals surface area contributed by atoms with Gasteiger partial charge in [-0.1, -0.05) is 27.7 Å². The van der Waals surface area contributed by atoms with E-state index in [2.05, 4.69) is 4.74 Å². The van der Waals surface area contributed by atoms with Crippen molar-refractivity contribution in [3.8, 4) is 0 Å². The lowest BCUT2D eigenvalue weighted by Gasteiger charge is -1.98. The minimum atomic E-state index is -0.458. The molecule has 0 aliphatic heterocycles. The third-order valence-corrected chi connectivity index (χ3v) is 0.754. The zero-order valence-corrected chi connectivity index (χ0v) is 7.59. The van der Waals surface area contributed by atoms with E-state index in [0.717, 1.165) is 0 Å². The maximum atomic E-state index is 10.4. The number of carbonyl (C=O) groups is 2. The smallest absolute Gasteiger partial charge is 0.313 e. The van der Waals surface area contributed by atoms with E-state index in [1.54, 1.807) is 0 Å². The van der Waals surface area contributed by atoms with E-state index in [4.69, 9.17) is 0 Å². The van der Waals surface area contributed by atoms with Crippen molar-refractivity contribution < 1.29 is 14.3 Å². The van der Waals surface area contributed by atoms with E-state index in [9.17, 15) is 9.59 Å². The van der Waals surface area contributed by atoms with Crippen LogP contribution >= 0.6 is 0 Å². The molecule has 0 aromatic rings. The highest BCUT2D eigenvalue weighted by Gasteiger charge is 2.03. The molecule has 0 aliphatic rings. The largest absolute Gasteiger partial charge is 0.395 e. The Labute approximate surface area is 67.7 Å². The van der Waals surface area contributed by atoms with Crippen molar-refractivity contribution >= 4 is 12.4 Å². The molecule has 0 N–H and O–H groups in total. The van der Waals surface area contributed by atoms with Crippen LogP contribution in [0, 0.1) is 5.92 Å². The molecule has 0 fully saturated rings. The molecule has 0 saturated carbocycles. The summed E-state index contributed by atoms with van der Waals surface area (Å²) in [5, 5.41) is 0. The first-order valence-electron chi connectivity index (χ1n) is 3.80. The van der Waals surface area contributed by atoms with Gasteiger partial charge in [0.2, 0.25) is 0 Å². The Bertz CT molecular complexity index is 108. The fourth-order valence-corrected chi connectivity index (χ4v) is 0.435. The summed E-state index contributed by atoms with van der Waals surface area (Å²) in [6, 6.07) is 0. The number of rotatable bonds is 3. The lowest BCUT2D eigenvalue weighted by atomic mass is 10.1. The fraction of sp³-hybridized carbons (Fsp3) is 0.750. The number of hydrogen-bond acceptors (Lipinski definition) is 3. The molecular weight excluding hydrogens is 144 g/mol. The maximum absolute atomic E-state index is 10.4. The molecule has 0 heterocycles. The standard InChI is InChI=1S/C6H10O3.C2H6/c1-5(2)3-6(8)9-4-7;1-2/h4-5H,3H2,1-2H3;1-2H3. The SMILES string of the molecule is CC.CC(C)CC(=O)OC=O. The second-order valence-corrected chi connectivity index (χ2v) is 2.18. The summed E-state index contributed by atoms with van der Waals surface area (Å²) < 4.78 is 4.03. The minimum Gasteiger partial charge on any atom is -0.395 e. The van der Waals surface area contributed by atoms with E-state index in [1.165, 1.54) is 0 Å². The number of esters is 1. The zero-order valence-electron chi connectivity index (χ0n) is 7.59. The van der Waals surface area contributed by atoms with Gasteiger partial charge in [-0.3, -0.25) is 9.59 Å². The van der Waals surface area contributed by atoms with Gasteiger partial charge in [0.25, 0.3) is 0 Å². The topological polar surface area (TPSA) is 43.4 Å². The van der Waals surface area contributed by atoms with Crippen LogP contribution in [0.4, 0.5) is 0 Å². The molecule has 0 radical (unpaired) electrons. The van der Waals surface area contributed by atoms with Crippen molar-refractivity contribution in [2.24, 2.45) is 5.92 Å². The Morgan fingerprint density at radius 2 is 1.91 bits per heavy atom. The third-order valence-electron chi connectivity index (χ3n) is 0.754. The Morgan fingerprint density at radius 3 is 2.18 bits per heavy atom. The molecular formula is C8H16O3. The number of ether oxygens (including phenoxy) is 1. The maximum Gasteiger partial charge on any atom is 0.313 e. The van der Waals surface area contributed by atoms with Gasteiger partial charge in [0.1, 0.15) is 0 Å². The summed E-state index contributed by atoms with van der Waals surface area (Å²) >= 11 is 0. The Morgan fingerprint density at radius 1 is 1.45 bits per heavy atom. The Balaban J connectivity index is 0. The van der Waals surface area contributed by atoms with Crippen molar-refractivity contribution in [1.29, 1.82) is 0 Å². The molecule has 0 aromatic carbocycles. The Hall–Kier alpha value is -0.860. The molecule has 11 heavy (non-hydrogen) atoms. The van der Waals surface area contributed by atoms with E-state index in [0.29, 0.717) is 6.42 Å². The van der Waals surface area contributed by atoms with Crippen molar-refractivity contribution in [3.63, 3.8) is 0 Å². The molecule has 0 saturated heterocycles. The third kappa shape index (κ3) is 12.4. The summed E-state index contributed by atoms with van der Waals surface area (Å²) in [4.78, 5) is 20.0. The van der Waals surface area contributed by atoms with Gasteiger partial charge in [-0.15, -0.1) is 0 Å². The quantitative estimate of drug-likeness (QED) is 0.359. The minimum absolute atomic E-state index is 0.157. The van der Waals surface area contributed by atoms with Crippen LogP contribution in [0.1, 0.15) is 34.1 Å². The molecule has 3 heteroatoms. The van der Waals surface area contributed by atoms with E-state index in [-0.39, 0.29) is 12.4 Å². The van der Waals surface area contributed by atoms with Crippen LogP contribution in [0.25, 0.3) is 0 Å². The summed E-state index contributed by atoms with van der Waals surface area (Å²) in [7, 11) is 0. The lowest BCUT2D eigenvalue weighted by molar-refractivity contribution is -0.151. The molecule has 3 nitrogen and oxygen atoms in total. The summed E-state index contributed by atoms with van der Waals surface area (Å²) in [5.41, 5.74) is 0. The van der Waals surface area contributed by atoms with Gasteiger partial charge in [-0.25, -0.2) is 0 Å². The first-order chi connectivity index (χ1) is 5.16. The number of carbonyl (C=O) groups excluding carboxylic acids is 2. The van der Waals surface area contributed by atoms with Crippen molar-refractivity contribution in [3.05, 3.63) is 0 Å². The molecule has 0 bridgehead atoms. The van der Waals surface area contributed by atoms with Gasteiger partial charge in [-0.05, 0) is 5.92 Å². The predicted molar refractivity (Wildman–Crippen MR) is 43.0 cm³/mol. The highest BCUT2D eigenvalue weighted by Crippen LogP contribution is 1.99. The van der Waals surface area contributed by atoms with Crippen LogP contribution < -0.4 is 0 Å². The molecule has 0 aromatic heterocycles. The number of hydrogen-bond donors (Lipinski definition) is 0. The summed E-state index contributed by atoms with van der Waals surface area (Å²) in [5.74, 6) is -0.211. The van der Waals surface area contributed by atoms with Crippen LogP contribution in [0.2, 0.25) is 0 Å². The van der Waals surface area contributed by atoms with Gasteiger partial charge in [0.15, 0.2) is 0 Å². The molecule has 0 amide bonds. The van der Waals surface area contributed by atoms with Crippen molar-refractivity contribution in [2.45, 2.75) is 34.1 Å². The highest BCUT2D eigenvalue weighted by molar-refractivity contribution is 5.76. The van der Waals surface area contributed by atoms with E-state index >= 15 is 0 Å². The fourth-order valence-electron chi connectivity index (χ4n) is 0.435. The monoisotopic (exact) mass is 160 g/mol. The van der Waals surface area contributed by atoms with Crippen LogP contribution in [0.5, 0.6) is 0 Å². The van der Waals surface area contributed by atoms with Gasteiger partial charge in [0.05, 0.1) is 0 Å². The lowest BCUT2D eigenvalue weighted by Crippen LogP contribution is -2.05. The molecule has 0 spiro atoms. The van der Waals surface area contributed by atoms with Crippen molar-refractivity contribution in [1.82, 2.24) is 0 Å². The summed E-state index contributed by atoms with van der Waals surface area (Å²) in [6.45, 7) is 7.92. The average molecular weight is 160 g/mol. The first kappa shape index (κ1) is 12.8. The van der Waals surface area contributed by atoms with Gasteiger partial charge in [-0.2, -0.15) is 0 Å².